The second-order valence-corrected chi connectivity index (χ2v) is 13.8. The van der Waals surface area contributed by atoms with Crippen molar-refractivity contribution in [2.24, 2.45) is 11.8 Å². The summed E-state index contributed by atoms with van der Waals surface area (Å²) >= 11 is 0. The molecule has 47 heavy (non-hydrogen) atoms. The summed E-state index contributed by atoms with van der Waals surface area (Å²) in [6.45, 7) is 5.40. The fraction of sp³-hybridized carbons (Fsp3) is 0.556. The first-order valence-corrected chi connectivity index (χ1v) is 16.8. The summed E-state index contributed by atoms with van der Waals surface area (Å²) in [7, 11) is 0. The molecule has 4 fully saturated rings. The van der Waals surface area contributed by atoms with Crippen LogP contribution in [0.1, 0.15) is 68.1 Å². The Kier molecular flexibility index (Phi) is 9.67. The molecule has 3 aliphatic heterocycles. The third-order valence-electron chi connectivity index (χ3n) is 10.9. The smallest absolute Gasteiger partial charge is 0.383 e. The molecule has 5 atom stereocenters. The summed E-state index contributed by atoms with van der Waals surface area (Å²) < 4.78 is 53.2. The van der Waals surface area contributed by atoms with E-state index in [1.54, 1.807) is 28.0 Å². The third-order valence-corrected chi connectivity index (χ3v) is 10.9. The fourth-order valence-electron chi connectivity index (χ4n) is 8.47. The minimum atomic E-state index is -4.42. The molecule has 0 radical (unpaired) electrons. The lowest BCUT2D eigenvalue weighted by Gasteiger charge is -2.45. The number of nitrogens with one attached hydrogen (secondary N) is 1. The van der Waals surface area contributed by atoms with Crippen LogP contribution in [0.25, 0.3) is 0 Å². The molecule has 6 rings (SSSR count). The van der Waals surface area contributed by atoms with Crippen LogP contribution >= 0.6 is 0 Å². The van der Waals surface area contributed by atoms with E-state index in [-0.39, 0.29) is 55.0 Å². The second-order valence-electron chi connectivity index (χ2n) is 13.8. The molecule has 2 bridgehead atoms. The van der Waals surface area contributed by atoms with Gasteiger partial charge in [0.15, 0.2) is 0 Å². The van der Waals surface area contributed by atoms with Gasteiger partial charge in [-0.25, -0.2) is 9.18 Å². The van der Waals surface area contributed by atoms with Gasteiger partial charge in [-0.2, -0.15) is 13.2 Å². The molecule has 4 aliphatic rings. The zero-order chi connectivity index (χ0) is 33.3. The van der Waals surface area contributed by atoms with Crippen molar-refractivity contribution >= 4 is 11.9 Å². The summed E-state index contributed by atoms with van der Waals surface area (Å²) in [5.74, 6) is -0.650. The lowest BCUT2D eigenvalue weighted by molar-refractivity contribution is -0.137. The molecule has 2 aromatic rings. The van der Waals surface area contributed by atoms with Gasteiger partial charge in [0.25, 0.3) is 0 Å². The Labute approximate surface area is 273 Å². The minimum Gasteiger partial charge on any atom is -0.383 e. The summed E-state index contributed by atoms with van der Waals surface area (Å²) in [5.41, 5.74) is -1.04. The van der Waals surface area contributed by atoms with Crippen molar-refractivity contribution in [3.05, 3.63) is 83.7 Å². The molecular weight excluding hydrogens is 612 g/mol. The van der Waals surface area contributed by atoms with E-state index in [0.29, 0.717) is 30.8 Å². The van der Waals surface area contributed by atoms with E-state index >= 15 is 0 Å². The normalized spacial score (nSPS) is 28.1. The molecule has 0 aromatic heterocycles. The number of carbonyl (C=O) groups is 2. The van der Waals surface area contributed by atoms with Gasteiger partial charge >= 0.3 is 12.2 Å². The summed E-state index contributed by atoms with van der Waals surface area (Å²) in [4.78, 5) is 32.9. The van der Waals surface area contributed by atoms with E-state index < -0.39 is 23.2 Å². The Hall–Kier alpha value is -3.44. The van der Waals surface area contributed by atoms with E-state index in [4.69, 9.17) is 0 Å². The lowest BCUT2D eigenvalue weighted by atomic mass is 9.82. The van der Waals surface area contributed by atoms with Crippen LogP contribution in [-0.2, 0) is 23.1 Å². The minimum absolute atomic E-state index is 0.0151. The first-order chi connectivity index (χ1) is 22.5. The van der Waals surface area contributed by atoms with Crippen molar-refractivity contribution in [2.75, 3.05) is 26.2 Å². The largest absolute Gasteiger partial charge is 0.416 e. The van der Waals surface area contributed by atoms with E-state index in [1.165, 1.54) is 24.3 Å². The Morgan fingerprint density at radius 3 is 2.34 bits per heavy atom. The van der Waals surface area contributed by atoms with E-state index in [1.807, 2.05) is 0 Å². The molecule has 7 nitrogen and oxygen atoms in total. The monoisotopic (exact) mass is 656 g/mol. The quantitative estimate of drug-likeness (QED) is 0.254. The Bertz CT molecular complexity index is 1430. The van der Waals surface area contributed by atoms with Gasteiger partial charge in [0.1, 0.15) is 11.4 Å². The van der Waals surface area contributed by atoms with E-state index in [2.05, 4.69) is 16.8 Å². The summed E-state index contributed by atoms with van der Waals surface area (Å²) in [5, 5.41) is 15.1. The van der Waals surface area contributed by atoms with Gasteiger partial charge < -0.3 is 20.2 Å². The van der Waals surface area contributed by atoms with Crippen LogP contribution in [0.3, 0.4) is 0 Å². The first-order valence-electron chi connectivity index (χ1n) is 16.8. The second kappa shape index (κ2) is 13.6. The fourth-order valence-corrected chi connectivity index (χ4v) is 8.47. The number of rotatable bonds is 9. The van der Waals surface area contributed by atoms with Crippen LogP contribution in [0.15, 0.2) is 61.2 Å². The maximum absolute atomic E-state index is 14.4. The van der Waals surface area contributed by atoms with Crippen molar-refractivity contribution in [3.63, 3.8) is 0 Å². The lowest BCUT2D eigenvalue weighted by Crippen LogP contribution is -2.55. The van der Waals surface area contributed by atoms with Crippen molar-refractivity contribution in [2.45, 2.75) is 87.8 Å². The van der Waals surface area contributed by atoms with Crippen LogP contribution < -0.4 is 5.32 Å². The number of likely N-dealkylation sites (tertiary alicyclic amines) is 1. The number of carbonyl (C=O) groups excluding carboxylic acids is 2. The molecule has 2 aromatic carbocycles. The van der Waals surface area contributed by atoms with Crippen LogP contribution in [-0.4, -0.2) is 76.0 Å². The number of benzene rings is 2. The third kappa shape index (κ3) is 7.06. The van der Waals surface area contributed by atoms with Crippen molar-refractivity contribution in [1.29, 1.82) is 0 Å². The number of nitrogens with zero attached hydrogens (tertiary/aromatic N) is 3. The van der Waals surface area contributed by atoms with Crippen LogP contribution in [0.2, 0.25) is 0 Å². The van der Waals surface area contributed by atoms with Gasteiger partial charge in [0.2, 0.25) is 5.91 Å². The molecule has 0 spiro atoms. The summed E-state index contributed by atoms with van der Waals surface area (Å²) in [6, 6.07) is 10.9. The molecule has 3 amide bonds. The number of fused-ring (bicyclic) bond motifs is 2. The van der Waals surface area contributed by atoms with Gasteiger partial charge in [-0.15, -0.1) is 6.58 Å². The Morgan fingerprint density at radius 1 is 1.04 bits per heavy atom. The van der Waals surface area contributed by atoms with E-state index in [9.17, 15) is 32.3 Å². The number of β-amino-alcohol motifs (C(OH)–C–C–N with tert-alkyl or cyclic N) is 1. The Morgan fingerprint density at radius 2 is 1.72 bits per heavy atom. The maximum Gasteiger partial charge on any atom is 0.416 e. The van der Waals surface area contributed by atoms with Crippen molar-refractivity contribution < 1.29 is 32.3 Å². The average Bonchev–Trinajstić information content (AvgIpc) is 3.75. The van der Waals surface area contributed by atoms with Crippen LogP contribution in [0.5, 0.6) is 0 Å². The molecule has 1 unspecified atom stereocenters. The number of hydrogen-bond donors (Lipinski definition) is 2. The van der Waals surface area contributed by atoms with Crippen LogP contribution in [0.4, 0.5) is 22.4 Å². The zero-order valence-corrected chi connectivity index (χ0v) is 26.6. The number of halogens is 4. The first kappa shape index (κ1) is 33.5. The highest BCUT2D eigenvalue weighted by atomic mass is 19.4. The van der Waals surface area contributed by atoms with Gasteiger partial charge in [-0.05, 0) is 73.9 Å². The maximum atomic E-state index is 14.4. The van der Waals surface area contributed by atoms with E-state index in [0.717, 1.165) is 63.5 Å². The average molecular weight is 657 g/mol. The van der Waals surface area contributed by atoms with Crippen molar-refractivity contribution in [1.82, 2.24) is 20.0 Å². The number of aliphatic hydroxyl groups is 1. The highest BCUT2D eigenvalue weighted by Crippen LogP contribution is 2.44. The number of alkyl halides is 3. The van der Waals surface area contributed by atoms with Gasteiger partial charge in [0.05, 0.1) is 12.1 Å². The predicted octanol–water partition coefficient (Wildman–Crippen LogP) is 6.07. The topological polar surface area (TPSA) is 76.1 Å². The molecule has 3 heterocycles. The van der Waals surface area contributed by atoms with Gasteiger partial charge in [-0.3, -0.25) is 9.69 Å². The Balaban J connectivity index is 1.13. The molecule has 254 valence electrons. The number of piperidine rings is 1. The highest BCUT2D eigenvalue weighted by Gasteiger charge is 2.52. The van der Waals surface area contributed by atoms with Crippen LogP contribution in [0, 0.1) is 17.7 Å². The molecule has 11 heteroatoms. The van der Waals surface area contributed by atoms with Gasteiger partial charge in [0, 0.05) is 56.1 Å². The number of amides is 3. The molecule has 3 saturated heterocycles. The molecular formula is C36H44F4N4O3. The molecule has 1 aliphatic carbocycles. The SMILES string of the molecule is C=CCN(C(=O)NCc1ccc(C(F)(F)F)cc1)C1C[C@H]2CC[C@@H](C1)N2C[C@H]1CN(C(=O)C2CCCC2)C[C@]1(O)c1cccc(F)c1. The summed E-state index contributed by atoms with van der Waals surface area (Å²) in [6.07, 6.45) is 4.44. The zero-order valence-electron chi connectivity index (χ0n) is 26.6. The van der Waals surface area contributed by atoms with Gasteiger partial charge in [-0.1, -0.05) is 43.2 Å². The molecule has 2 N–H and O–H groups in total. The number of urea groups is 1. The number of hydrogen-bond acceptors (Lipinski definition) is 4. The predicted molar refractivity (Wildman–Crippen MR) is 169 cm³/mol. The highest BCUT2D eigenvalue weighted by molar-refractivity contribution is 5.79. The standard InChI is InChI=1S/C36H44F4N4O3/c1-2-16-43(34(46)41-20-24-10-12-26(13-11-24)36(38,39)40)32-18-30-14-15-31(19-32)44(30)22-28-21-42(33(45)25-6-3-4-7-25)23-35(28,47)27-8-5-9-29(37)17-27/h2,5,8-13,17,25,28,30-32,47H,1,3-4,6-7,14-16,18-23H2,(H,41,46)/t28-,30-,31+,32?,35+/m1/s1. The van der Waals surface area contributed by atoms with Crippen molar-refractivity contribution in [3.8, 4) is 0 Å². The molecule has 1 saturated carbocycles.